The number of carbonyl (C=O) groups excluding carboxylic acids is 1. The first kappa shape index (κ1) is 18.1. The molecule has 2 aromatic carbocycles. The van der Waals surface area contributed by atoms with Gasteiger partial charge in [-0.25, -0.2) is 4.52 Å². The molecule has 2 aromatic heterocycles. The average molecular weight is 390 g/mol. The van der Waals surface area contributed by atoms with Crippen LogP contribution in [-0.2, 0) is 11.3 Å². The van der Waals surface area contributed by atoms with Crippen LogP contribution >= 0.6 is 11.8 Å². The van der Waals surface area contributed by atoms with E-state index in [-0.39, 0.29) is 18.0 Å². The monoisotopic (exact) mass is 390 g/mol. The van der Waals surface area contributed by atoms with Gasteiger partial charge in [0, 0.05) is 28.5 Å². The van der Waals surface area contributed by atoms with Crippen molar-refractivity contribution in [3.63, 3.8) is 0 Å². The third kappa shape index (κ3) is 3.70. The highest BCUT2D eigenvalue weighted by Gasteiger charge is 2.11. The van der Waals surface area contributed by atoms with Crippen LogP contribution in [0.5, 0.6) is 0 Å². The quantitative estimate of drug-likeness (QED) is 0.530. The lowest BCUT2D eigenvalue weighted by Crippen LogP contribution is -2.28. The minimum Gasteiger partial charge on any atom is -0.324 e. The van der Waals surface area contributed by atoms with Gasteiger partial charge in [0.25, 0.3) is 5.56 Å². The molecule has 2 heterocycles. The Morgan fingerprint density at radius 1 is 1.07 bits per heavy atom. The standard InChI is InChI=1S/C21H18N4O2S/c1-28-17-9-5-8-16(12-17)22-20(26)14-24-10-11-25-19(21(24)27)13-18(23-25)15-6-3-2-4-7-15/h2-13H,14H2,1H3,(H,22,26). The van der Waals surface area contributed by atoms with E-state index < -0.39 is 0 Å². The second kappa shape index (κ2) is 7.74. The molecule has 0 radical (unpaired) electrons. The fourth-order valence-corrected chi connectivity index (χ4v) is 3.42. The summed E-state index contributed by atoms with van der Waals surface area (Å²) < 4.78 is 2.93. The molecule has 4 aromatic rings. The molecule has 7 heteroatoms. The van der Waals surface area contributed by atoms with Crippen LogP contribution in [0.4, 0.5) is 5.69 Å². The van der Waals surface area contributed by atoms with Crippen molar-refractivity contribution in [1.82, 2.24) is 14.2 Å². The first-order valence-electron chi connectivity index (χ1n) is 8.72. The van der Waals surface area contributed by atoms with Crippen molar-refractivity contribution >= 4 is 28.9 Å². The van der Waals surface area contributed by atoms with E-state index in [1.54, 1.807) is 34.7 Å². The molecule has 28 heavy (non-hydrogen) atoms. The zero-order valence-electron chi connectivity index (χ0n) is 15.2. The van der Waals surface area contributed by atoms with Gasteiger partial charge in [-0.15, -0.1) is 11.8 Å². The SMILES string of the molecule is CSc1cccc(NC(=O)Cn2ccn3nc(-c4ccccc4)cc3c2=O)c1. The van der Waals surface area contributed by atoms with Gasteiger partial charge in [0.05, 0.1) is 5.69 Å². The highest BCUT2D eigenvalue weighted by atomic mass is 32.2. The summed E-state index contributed by atoms with van der Waals surface area (Å²) in [4.78, 5) is 26.2. The van der Waals surface area contributed by atoms with Crippen molar-refractivity contribution < 1.29 is 4.79 Å². The molecule has 1 N–H and O–H groups in total. The summed E-state index contributed by atoms with van der Waals surface area (Å²) >= 11 is 1.60. The molecule has 140 valence electrons. The number of carbonyl (C=O) groups is 1. The number of nitrogens with zero attached hydrogens (tertiary/aromatic N) is 3. The summed E-state index contributed by atoms with van der Waals surface area (Å²) in [6.45, 7) is -0.0648. The van der Waals surface area contributed by atoms with Crippen molar-refractivity contribution in [2.24, 2.45) is 0 Å². The van der Waals surface area contributed by atoms with Crippen LogP contribution in [0.2, 0.25) is 0 Å². The second-order valence-corrected chi connectivity index (χ2v) is 7.12. The summed E-state index contributed by atoms with van der Waals surface area (Å²) in [5.41, 5.74) is 2.53. The minimum absolute atomic E-state index is 0.0648. The third-order valence-corrected chi connectivity index (χ3v) is 5.07. The van der Waals surface area contributed by atoms with Crippen LogP contribution in [0.3, 0.4) is 0 Å². The van der Waals surface area contributed by atoms with E-state index in [1.807, 2.05) is 60.9 Å². The lowest BCUT2D eigenvalue weighted by molar-refractivity contribution is -0.116. The number of anilines is 1. The Hall–Kier alpha value is -3.32. The Morgan fingerprint density at radius 3 is 2.68 bits per heavy atom. The van der Waals surface area contributed by atoms with Crippen molar-refractivity contribution in [3.05, 3.63) is 83.4 Å². The molecule has 0 atom stereocenters. The molecular formula is C21H18N4O2S. The molecule has 4 rings (SSSR count). The molecule has 0 unspecified atom stereocenters. The van der Waals surface area contributed by atoms with Gasteiger partial charge < -0.3 is 9.88 Å². The van der Waals surface area contributed by atoms with Gasteiger partial charge >= 0.3 is 0 Å². The van der Waals surface area contributed by atoms with E-state index in [9.17, 15) is 9.59 Å². The third-order valence-electron chi connectivity index (χ3n) is 4.34. The van der Waals surface area contributed by atoms with Gasteiger partial charge in [0.2, 0.25) is 5.91 Å². The highest BCUT2D eigenvalue weighted by Crippen LogP contribution is 2.19. The van der Waals surface area contributed by atoms with E-state index in [1.165, 1.54) is 4.57 Å². The Balaban J connectivity index is 1.58. The minimum atomic E-state index is -0.259. The molecule has 0 fully saturated rings. The molecule has 0 aliphatic heterocycles. The van der Waals surface area contributed by atoms with E-state index in [0.29, 0.717) is 16.9 Å². The summed E-state index contributed by atoms with van der Waals surface area (Å²) in [6, 6.07) is 19.0. The van der Waals surface area contributed by atoms with Crippen molar-refractivity contribution in [2.75, 3.05) is 11.6 Å². The van der Waals surface area contributed by atoms with Crippen LogP contribution < -0.4 is 10.9 Å². The number of benzene rings is 2. The number of fused-ring (bicyclic) bond motifs is 1. The van der Waals surface area contributed by atoms with Crippen LogP contribution in [-0.4, -0.2) is 26.3 Å². The molecule has 0 bridgehead atoms. The smallest absolute Gasteiger partial charge is 0.277 e. The van der Waals surface area contributed by atoms with Crippen LogP contribution in [0.15, 0.2) is 82.7 Å². The summed E-state index contributed by atoms with van der Waals surface area (Å²) in [5.74, 6) is -0.257. The van der Waals surface area contributed by atoms with Gasteiger partial charge in [0.15, 0.2) is 0 Å². The maximum absolute atomic E-state index is 12.8. The van der Waals surface area contributed by atoms with Gasteiger partial charge in [-0.3, -0.25) is 9.59 Å². The van der Waals surface area contributed by atoms with Crippen LogP contribution in [0, 0.1) is 0 Å². The number of hydrogen-bond donors (Lipinski definition) is 1. The van der Waals surface area contributed by atoms with E-state index in [2.05, 4.69) is 10.4 Å². The van der Waals surface area contributed by atoms with E-state index >= 15 is 0 Å². The van der Waals surface area contributed by atoms with Crippen molar-refractivity contribution in [3.8, 4) is 11.3 Å². The van der Waals surface area contributed by atoms with Crippen molar-refractivity contribution in [2.45, 2.75) is 11.4 Å². The number of hydrogen-bond acceptors (Lipinski definition) is 4. The zero-order chi connectivity index (χ0) is 19.5. The Bertz CT molecular complexity index is 1200. The Labute approximate surface area is 165 Å². The molecule has 0 saturated heterocycles. The van der Waals surface area contributed by atoms with Gasteiger partial charge in [-0.2, -0.15) is 5.10 Å². The number of nitrogens with one attached hydrogen (secondary N) is 1. The molecule has 0 aliphatic rings. The molecule has 0 saturated carbocycles. The zero-order valence-corrected chi connectivity index (χ0v) is 16.0. The highest BCUT2D eigenvalue weighted by molar-refractivity contribution is 7.98. The normalized spacial score (nSPS) is 10.9. The fraction of sp³-hybridized carbons (Fsp3) is 0.0952. The molecule has 0 aliphatic carbocycles. The van der Waals surface area contributed by atoms with E-state index in [0.717, 1.165) is 10.5 Å². The fourth-order valence-electron chi connectivity index (χ4n) is 2.96. The molecule has 0 spiro atoms. The number of rotatable bonds is 5. The predicted octanol–water partition coefficient (Wildman–Crippen LogP) is 3.52. The van der Waals surface area contributed by atoms with Gasteiger partial charge in [0.1, 0.15) is 12.1 Å². The second-order valence-electron chi connectivity index (χ2n) is 6.24. The largest absolute Gasteiger partial charge is 0.324 e. The van der Waals surface area contributed by atoms with Gasteiger partial charge in [-0.05, 0) is 30.5 Å². The first-order valence-corrected chi connectivity index (χ1v) is 9.95. The topological polar surface area (TPSA) is 68.4 Å². The Morgan fingerprint density at radius 2 is 1.89 bits per heavy atom. The summed E-state index contributed by atoms with van der Waals surface area (Å²) in [6.07, 6.45) is 5.24. The van der Waals surface area contributed by atoms with Crippen molar-refractivity contribution in [1.29, 1.82) is 0 Å². The lowest BCUT2D eigenvalue weighted by Gasteiger charge is -2.08. The average Bonchev–Trinajstić information content (AvgIpc) is 3.16. The summed E-state index contributed by atoms with van der Waals surface area (Å²) in [7, 11) is 0. The maximum Gasteiger partial charge on any atom is 0.277 e. The number of aromatic nitrogens is 3. The number of thioether (sulfide) groups is 1. The molecule has 6 nitrogen and oxygen atoms in total. The summed E-state index contributed by atoms with van der Waals surface area (Å²) in [5, 5.41) is 7.29. The van der Waals surface area contributed by atoms with E-state index in [4.69, 9.17) is 0 Å². The van der Waals surface area contributed by atoms with Crippen LogP contribution in [0.1, 0.15) is 0 Å². The molecule has 1 amide bonds. The maximum atomic E-state index is 12.8. The van der Waals surface area contributed by atoms with Crippen LogP contribution in [0.25, 0.3) is 16.8 Å². The lowest BCUT2D eigenvalue weighted by atomic mass is 10.1. The number of amides is 1. The van der Waals surface area contributed by atoms with Gasteiger partial charge in [-0.1, -0.05) is 36.4 Å². The predicted molar refractivity (Wildman–Crippen MR) is 112 cm³/mol. The molecular weight excluding hydrogens is 372 g/mol. The first-order chi connectivity index (χ1) is 13.6. The Kier molecular flexibility index (Phi) is 4.99.